The molecule has 2 aliphatic rings. The first kappa shape index (κ1) is 17.8. The third-order valence-corrected chi connectivity index (χ3v) is 6.04. The van der Waals surface area contributed by atoms with Gasteiger partial charge in [-0.05, 0) is 18.4 Å². The van der Waals surface area contributed by atoms with Crippen LogP contribution in [0, 0.1) is 5.92 Å². The van der Waals surface area contributed by atoms with Gasteiger partial charge in [0, 0.05) is 43.9 Å². The van der Waals surface area contributed by atoms with Crippen molar-refractivity contribution >= 4 is 21.7 Å². The number of fused-ring (bicyclic) bond motifs is 1. The number of piperazine rings is 1. The van der Waals surface area contributed by atoms with E-state index in [4.69, 9.17) is 0 Å². The monoisotopic (exact) mass is 367 g/mol. The Morgan fingerprint density at radius 2 is 1.80 bits per heavy atom. The van der Waals surface area contributed by atoms with Gasteiger partial charge < -0.3 is 9.88 Å². The molecular formula is C16H21N3O5S. The molecule has 25 heavy (non-hydrogen) atoms. The fourth-order valence-corrected chi connectivity index (χ4v) is 4.20. The lowest BCUT2D eigenvalue weighted by molar-refractivity contribution is 0.0696. The Bertz CT molecular complexity index is 882. The summed E-state index contributed by atoms with van der Waals surface area (Å²) in [5.74, 6) is -0.370. The van der Waals surface area contributed by atoms with Crippen molar-refractivity contribution in [3.8, 4) is 0 Å². The van der Waals surface area contributed by atoms with Crippen LogP contribution in [-0.4, -0.2) is 66.7 Å². The van der Waals surface area contributed by atoms with Gasteiger partial charge in [-0.2, -0.15) is 4.31 Å². The van der Waals surface area contributed by atoms with Crippen LogP contribution in [0.4, 0.5) is 0 Å². The normalized spacial score (nSPS) is 21.9. The molecule has 136 valence electrons. The number of carbonyl (C=O) groups is 2. The van der Waals surface area contributed by atoms with Crippen molar-refractivity contribution in [3.63, 3.8) is 0 Å². The fourth-order valence-electron chi connectivity index (χ4n) is 3.38. The lowest BCUT2D eigenvalue weighted by Gasteiger charge is -2.33. The molecule has 3 rings (SSSR count). The highest BCUT2D eigenvalue weighted by atomic mass is 32.2. The topological polar surface area (TPSA) is 108 Å². The van der Waals surface area contributed by atoms with Crippen LogP contribution in [0.1, 0.15) is 39.8 Å². The molecule has 1 saturated heterocycles. The predicted molar refractivity (Wildman–Crippen MR) is 91.2 cm³/mol. The summed E-state index contributed by atoms with van der Waals surface area (Å²) >= 11 is 0. The number of aromatic nitrogens is 1. The number of amides is 1. The number of aromatic amines is 1. The van der Waals surface area contributed by atoms with Crippen molar-refractivity contribution < 1.29 is 18.0 Å². The van der Waals surface area contributed by atoms with Crippen LogP contribution in [0.25, 0.3) is 0 Å². The number of rotatable bonds is 2. The molecule has 8 nitrogen and oxygen atoms in total. The number of nitrogens with zero attached hydrogens (tertiary/aromatic N) is 2. The fraction of sp³-hybridized carbons (Fsp3) is 0.562. The Morgan fingerprint density at radius 3 is 2.40 bits per heavy atom. The maximum absolute atomic E-state index is 12.7. The molecule has 1 amide bonds. The number of nitrogens with one attached hydrogen (secondary N) is 1. The van der Waals surface area contributed by atoms with Gasteiger partial charge >= 0.3 is 0 Å². The van der Waals surface area contributed by atoms with Crippen LogP contribution in [0.3, 0.4) is 0 Å². The van der Waals surface area contributed by atoms with Crippen molar-refractivity contribution in [2.45, 2.75) is 19.8 Å². The molecule has 0 aromatic carbocycles. The van der Waals surface area contributed by atoms with Crippen molar-refractivity contribution in [1.29, 1.82) is 0 Å². The van der Waals surface area contributed by atoms with E-state index in [1.165, 1.54) is 15.3 Å². The number of pyridine rings is 1. The molecule has 0 spiro atoms. The molecule has 1 unspecified atom stereocenters. The molecule has 2 heterocycles. The summed E-state index contributed by atoms with van der Waals surface area (Å²) in [4.78, 5) is 41.3. The van der Waals surface area contributed by atoms with Gasteiger partial charge in [0.25, 0.3) is 11.5 Å². The van der Waals surface area contributed by atoms with Gasteiger partial charge in [0.2, 0.25) is 10.0 Å². The van der Waals surface area contributed by atoms with E-state index in [0.717, 1.165) is 6.26 Å². The Kier molecular flexibility index (Phi) is 4.54. The zero-order valence-electron chi connectivity index (χ0n) is 14.2. The Balaban J connectivity index is 1.83. The first-order chi connectivity index (χ1) is 11.7. The predicted octanol–water partition coefficient (Wildman–Crippen LogP) is -0.143. The first-order valence-electron chi connectivity index (χ1n) is 8.20. The molecule has 0 radical (unpaired) electrons. The number of sulfonamides is 1. The van der Waals surface area contributed by atoms with Crippen LogP contribution < -0.4 is 5.56 Å². The number of hydrogen-bond donors (Lipinski definition) is 1. The van der Waals surface area contributed by atoms with Crippen molar-refractivity contribution in [1.82, 2.24) is 14.2 Å². The van der Waals surface area contributed by atoms with E-state index in [-0.39, 0.29) is 43.4 Å². The highest BCUT2D eigenvalue weighted by Crippen LogP contribution is 2.23. The van der Waals surface area contributed by atoms with E-state index in [1.807, 2.05) is 6.92 Å². The third-order valence-electron chi connectivity index (χ3n) is 4.73. The number of carbonyl (C=O) groups excluding carboxylic acids is 2. The average molecular weight is 367 g/mol. The van der Waals surface area contributed by atoms with Gasteiger partial charge in [0.15, 0.2) is 5.78 Å². The first-order valence-corrected chi connectivity index (χ1v) is 10.1. The zero-order valence-corrected chi connectivity index (χ0v) is 15.1. The maximum Gasteiger partial charge on any atom is 0.261 e. The van der Waals surface area contributed by atoms with E-state index >= 15 is 0 Å². The van der Waals surface area contributed by atoms with E-state index < -0.39 is 21.5 Å². The quantitative estimate of drug-likeness (QED) is 0.783. The highest BCUT2D eigenvalue weighted by Gasteiger charge is 2.30. The standard InChI is InChI=1S/C16H21N3O5S/c1-10-7-13-11(14(20)8-10)9-12(15(21)17-13)16(22)18-3-5-19(6-4-18)25(2,23)24/h9-10H,3-8H2,1-2H3,(H,17,21). The Hall–Kier alpha value is -2.00. The van der Waals surface area contributed by atoms with Gasteiger partial charge in [-0.15, -0.1) is 0 Å². The van der Waals surface area contributed by atoms with Crippen LogP contribution >= 0.6 is 0 Å². The minimum atomic E-state index is -3.29. The summed E-state index contributed by atoms with van der Waals surface area (Å²) in [6.07, 6.45) is 2.14. The average Bonchev–Trinajstić information content (AvgIpc) is 2.52. The summed E-state index contributed by atoms with van der Waals surface area (Å²) in [6.45, 7) is 2.77. The van der Waals surface area contributed by atoms with Crippen LogP contribution in [0.5, 0.6) is 0 Å². The van der Waals surface area contributed by atoms with Gasteiger partial charge in [-0.1, -0.05) is 6.92 Å². The number of Topliss-reactive ketones (excluding diaryl/α,β-unsaturated/α-hetero) is 1. The van der Waals surface area contributed by atoms with E-state index in [1.54, 1.807) is 0 Å². The minimum absolute atomic E-state index is 0.0607. The molecular weight excluding hydrogens is 346 g/mol. The molecule has 9 heteroatoms. The molecule has 0 saturated carbocycles. The largest absolute Gasteiger partial charge is 0.336 e. The lowest BCUT2D eigenvalue weighted by atomic mass is 9.86. The summed E-state index contributed by atoms with van der Waals surface area (Å²) in [6, 6.07) is 1.40. The molecule has 1 N–H and O–H groups in total. The van der Waals surface area contributed by atoms with Crippen LogP contribution in [0.15, 0.2) is 10.9 Å². The Morgan fingerprint density at radius 1 is 1.16 bits per heavy atom. The minimum Gasteiger partial charge on any atom is -0.336 e. The highest BCUT2D eigenvalue weighted by molar-refractivity contribution is 7.88. The van der Waals surface area contributed by atoms with E-state index in [9.17, 15) is 22.8 Å². The second kappa shape index (κ2) is 6.38. The number of hydrogen-bond acceptors (Lipinski definition) is 5. The summed E-state index contributed by atoms with van der Waals surface area (Å²) in [5.41, 5.74) is 0.439. The van der Waals surface area contributed by atoms with E-state index in [2.05, 4.69) is 4.98 Å². The maximum atomic E-state index is 12.7. The zero-order chi connectivity index (χ0) is 18.4. The van der Waals surface area contributed by atoms with Crippen molar-refractivity contribution in [2.24, 2.45) is 5.92 Å². The van der Waals surface area contributed by atoms with Gasteiger partial charge in [-0.3, -0.25) is 14.4 Å². The van der Waals surface area contributed by atoms with Gasteiger partial charge in [0.1, 0.15) is 5.56 Å². The van der Waals surface area contributed by atoms with E-state index in [0.29, 0.717) is 24.1 Å². The SMILES string of the molecule is CC1CC(=O)c2cc(C(=O)N3CCN(S(C)(=O)=O)CC3)c(=O)[nH]c2C1. The molecule has 1 aliphatic heterocycles. The molecule has 1 aromatic rings. The third kappa shape index (κ3) is 3.52. The summed E-state index contributed by atoms with van der Waals surface area (Å²) in [5, 5.41) is 0. The lowest BCUT2D eigenvalue weighted by Crippen LogP contribution is -2.51. The molecule has 1 fully saturated rings. The second-order valence-corrected chi connectivity index (χ2v) is 8.78. The molecule has 0 bridgehead atoms. The van der Waals surface area contributed by atoms with Gasteiger partial charge in [-0.25, -0.2) is 8.42 Å². The summed E-state index contributed by atoms with van der Waals surface area (Å²) in [7, 11) is -3.29. The second-order valence-electron chi connectivity index (χ2n) is 6.80. The van der Waals surface area contributed by atoms with Crippen molar-refractivity contribution in [3.05, 3.63) is 33.2 Å². The molecule has 1 aliphatic carbocycles. The Labute approximate surface area is 145 Å². The summed E-state index contributed by atoms with van der Waals surface area (Å²) < 4.78 is 24.4. The van der Waals surface area contributed by atoms with Gasteiger partial charge in [0.05, 0.1) is 6.26 Å². The van der Waals surface area contributed by atoms with Crippen LogP contribution in [0.2, 0.25) is 0 Å². The molecule has 1 atom stereocenters. The van der Waals surface area contributed by atoms with Crippen LogP contribution in [-0.2, 0) is 16.4 Å². The number of ketones is 1. The molecule has 1 aromatic heterocycles. The van der Waals surface area contributed by atoms with Crippen molar-refractivity contribution in [2.75, 3.05) is 32.4 Å². The number of H-pyrrole nitrogens is 1. The smallest absolute Gasteiger partial charge is 0.261 e.